The van der Waals surface area contributed by atoms with Crippen molar-refractivity contribution in [3.63, 3.8) is 0 Å². The molecule has 1 N–H and O–H groups in total. The average molecular weight is 408 g/mol. The summed E-state index contributed by atoms with van der Waals surface area (Å²) in [6.45, 7) is 3.23. The van der Waals surface area contributed by atoms with Crippen molar-refractivity contribution in [2.75, 3.05) is 13.2 Å². The van der Waals surface area contributed by atoms with Crippen molar-refractivity contribution in [2.24, 2.45) is 0 Å². The smallest absolute Gasteiger partial charge is 0.303 e. The fraction of sp³-hybridized carbons (Fsp3) is 0.450. The summed E-state index contributed by atoms with van der Waals surface area (Å²) in [5.74, 6) is -0.208. The number of amides is 1. The number of aliphatic carboxylic acids is 1. The second-order valence-electron chi connectivity index (χ2n) is 6.31. The summed E-state index contributed by atoms with van der Waals surface area (Å²) in [5, 5.41) is 8.72. The van der Waals surface area contributed by atoms with E-state index in [1.807, 2.05) is 30.3 Å². The van der Waals surface area contributed by atoms with Gasteiger partial charge in [-0.15, -0.1) is 0 Å². The molecule has 27 heavy (non-hydrogen) atoms. The lowest BCUT2D eigenvalue weighted by Gasteiger charge is -2.13. The maximum Gasteiger partial charge on any atom is 0.303 e. The minimum atomic E-state index is -0.872. The molecule has 0 spiro atoms. The predicted octanol–water partition coefficient (Wildman–Crippen LogP) is 4.71. The van der Waals surface area contributed by atoms with E-state index in [-0.39, 0.29) is 12.3 Å². The minimum absolute atomic E-state index is 0.0238. The summed E-state index contributed by atoms with van der Waals surface area (Å²) in [6, 6.07) is 7.63. The van der Waals surface area contributed by atoms with Crippen molar-refractivity contribution in [1.82, 2.24) is 4.90 Å². The van der Waals surface area contributed by atoms with Gasteiger partial charge in [0.25, 0.3) is 5.91 Å². The van der Waals surface area contributed by atoms with Crippen molar-refractivity contribution in [1.29, 1.82) is 0 Å². The maximum atomic E-state index is 12.5. The fourth-order valence-corrected chi connectivity index (χ4v) is 3.92. The number of carboxylic acid groups (broad SMARTS) is 1. The molecule has 1 aliphatic rings. The third kappa shape index (κ3) is 6.99. The van der Waals surface area contributed by atoms with Gasteiger partial charge in [-0.3, -0.25) is 14.5 Å². The lowest BCUT2D eigenvalue weighted by atomic mass is 10.2. The van der Waals surface area contributed by atoms with Gasteiger partial charge < -0.3 is 9.84 Å². The topological polar surface area (TPSA) is 66.8 Å². The molecule has 1 amide bonds. The van der Waals surface area contributed by atoms with Crippen LogP contribution in [0.5, 0.6) is 5.75 Å². The van der Waals surface area contributed by atoms with E-state index in [1.54, 1.807) is 0 Å². The SMILES string of the molecule is CCCCCCOc1ccc(/C=C2\SC(=S)N(CCCC(=O)O)C2=O)cc1. The van der Waals surface area contributed by atoms with Gasteiger partial charge in [-0.1, -0.05) is 62.3 Å². The van der Waals surface area contributed by atoms with Crippen LogP contribution in [0.2, 0.25) is 0 Å². The molecule has 1 heterocycles. The van der Waals surface area contributed by atoms with Gasteiger partial charge >= 0.3 is 5.97 Å². The number of ether oxygens (including phenoxy) is 1. The summed E-state index contributed by atoms with van der Waals surface area (Å²) in [7, 11) is 0. The Hall–Kier alpha value is -1.86. The highest BCUT2D eigenvalue weighted by Gasteiger charge is 2.31. The van der Waals surface area contributed by atoms with Gasteiger partial charge in [0, 0.05) is 13.0 Å². The van der Waals surface area contributed by atoms with Crippen molar-refractivity contribution in [3.05, 3.63) is 34.7 Å². The second kappa shape index (κ2) is 11.1. The highest BCUT2D eigenvalue weighted by Crippen LogP contribution is 2.33. The molecule has 146 valence electrons. The number of thiocarbonyl (C=S) groups is 1. The van der Waals surface area contributed by atoms with Crippen LogP contribution in [-0.2, 0) is 9.59 Å². The normalized spacial score (nSPS) is 15.6. The van der Waals surface area contributed by atoms with E-state index < -0.39 is 5.97 Å². The first kappa shape index (κ1) is 21.4. The summed E-state index contributed by atoms with van der Waals surface area (Å²) in [4.78, 5) is 25.1. The zero-order valence-corrected chi connectivity index (χ0v) is 17.1. The Morgan fingerprint density at radius 1 is 1.22 bits per heavy atom. The molecular weight excluding hydrogens is 382 g/mol. The molecule has 0 aromatic heterocycles. The number of thioether (sulfide) groups is 1. The van der Waals surface area contributed by atoms with Crippen LogP contribution in [-0.4, -0.2) is 39.4 Å². The third-order valence-electron chi connectivity index (χ3n) is 4.09. The van der Waals surface area contributed by atoms with Gasteiger partial charge in [0.2, 0.25) is 0 Å². The Balaban J connectivity index is 1.89. The summed E-state index contributed by atoms with van der Waals surface area (Å²) < 4.78 is 6.20. The Morgan fingerprint density at radius 2 is 1.96 bits per heavy atom. The van der Waals surface area contributed by atoms with Gasteiger partial charge in [-0.25, -0.2) is 0 Å². The molecule has 0 radical (unpaired) electrons. The van der Waals surface area contributed by atoms with Gasteiger partial charge in [-0.2, -0.15) is 0 Å². The number of carboxylic acids is 1. The largest absolute Gasteiger partial charge is 0.494 e. The molecule has 1 aliphatic heterocycles. The van der Waals surface area contributed by atoms with Gasteiger partial charge in [0.15, 0.2) is 0 Å². The first-order chi connectivity index (χ1) is 13.0. The van der Waals surface area contributed by atoms with E-state index in [2.05, 4.69) is 6.92 Å². The molecule has 5 nitrogen and oxygen atoms in total. The van der Waals surface area contributed by atoms with Crippen molar-refractivity contribution >= 4 is 46.3 Å². The summed E-state index contributed by atoms with van der Waals surface area (Å²) in [6.07, 6.45) is 6.90. The number of carbonyl (C=O) groups excluding carboxylic acids is 1. The van der Waals surface area contributed by atoms with Crippen LogP contribution >= 0.6 is 24.0 Å². The van der Waals surface area contributed by atoms with Crippen LogP contribution in [0.25, 0.3) is 6.08 Å². The van der Waals surface area contributed by atoms with E-state index in [0.717, 1.165) is 17.7 Å². The molecule has 2 rings (SSSR count). The Labute approximate surface area is 169 Å². The highest BCUT2D eigenvalue weighted by atomic mass is 32.2. The van der Waals surface area contributed by atoms with Crippen LogP contribution in [0, 0.1) is 0 Å². The standard InChI is InChI=1S/C20H25NO4S2/c1-2-3-4-5-13-25-16-10-8-15(9-11-16)14-17-19(24)21(20(26)27-17)12-6-7-18(22)23/h8-11,14H,2-7,12-13H2,1H3,(H,22,23)/b17-14-. The molecule has 1 saturated heterocycles. The van der Waals surface area contributed by atoms with Crippen LogP contribution in [0.1, 0.15) is 51.0 Å². The minimum Gasteiger partial charge on any atom is -0.494 e. The molecule has 0 aliphatic carbocycles. The molecule has 7 heteroatoms. The Kier molecular flexibility index (Phi) is 8.81. The Bertz CT molecular complexity index is 700. The van der Waals surface area contributed by atoms with E-state index in [9.17, 15) is 9.59 Å². The van der Waals surface area contributed by atoms with Crippen LogP contribution in [0.15, 0.2) is 29.2 Å². The lowest BCUT2D eigenvalue weighted by Crippen LogP contribution is -2.29. The molecule has 0 saturated carbocycles. The molecule has 1 aromatic carbocycles. The van der Waals surface area contributed by atoms with E-state index in [0.29, 0.717) is 28.8 Å². The predicted molar refractivity (Wildman–Crippen MR) is 113 cm³/mol. The fourth-order valence-electron chi connectivity index (χ4n) is 2.61. The first-order valence-corrected chi connectivity index (χ1v) is 10.4. The molecule has 0 unspecified atom stereocenters. The molecular formula is C20H25NO4S2. The van der Waals surface area contributed by atoms with Crippen LogP contribution < -0.4 is 4.74 Å². The number of rotatable bonds is 11. The van der Waals surface area contributed by atoms with E-state index in [1.165, 1.54) is 35.9 Å². The number of hydrogen-bond donors (Lipinski definition) is 1. The first-order valence-electron chi connectivity index (χ1n) is 9.21. The van der Waals surface area contributed by atoms with Gasteiger partial charge in [-0.05, 0) is 36.6 Å². The van der Waals surface area contributed by atoms with Gasteiger partial charge in [0.05, 0.1) is 11.5 Å². The maximum absolute atomic E-state index is 12.5. The van der Waals surface area contributed by atoms with Crippen LogP contribution in [0.4, 0.5) is 0 Å². The summed E-state index contributed by atoms with van der Waals surface area (Å²) in [5.41, 5.74) is 0.902. The van der Waals surface area contributed by atoms with E-state index in [4.69, 9.17) is 22.1 Å². The third-order valence-corrected chi connectivity index (χ3v) is 5.47. The average Bonchev–Trinajstić information content (AvgIpc) is 2.90. The molecule has 1 fully saturated rings. The molecule has 0 atom stereocenters. The van der Waals surface area contributed by atoms with Crippen molar-refractivity contribution in [2.45, 2.75) is 45.4 Å². The Morgan fingerprint density at radius 3 is 2.63 bits per heavy atom. The number of carbonyl (C=O) groups is 2. The number of nitrogens with zero attached hydrogens (tertiary/aromatic N) is 1. The quantitative estimate of drug-likeness (QED) is 0.325. The monoisotopic (exact) mass is 407 g/mol. The number of hydrogen-bond acceptors (Lipinski definition) is 5. The molecule has 0 bridgehead atoms. The second-order valence-corrected chi connectivity index (χ2v) is 7.98. The lowest BCUT2D eigenvalue weighted by molar-refractivity contribution is -0.137. The molecule has 1 aromatic rings. The number of unbranched alkanes of at least 4 members (excludes halogenated alkanes) is 3. The zero-order valence-electron chi connectivity index (χ0n) is 15.5. The zero-order chi connectivity index (χ0) is 19.6. The van der Waals surface area contributed by atoms with Crippen molar-refractivity contribution in [3.8, 4) is 5.75 Å². The van der Waals surface area contributed by atoms with Crippen molar-refractivity contribution < 1.29 is 19.4 Å². The number of benzene rings is 1. The van der Waals surface area contributed by atoms with Crippen LogP contribution in [0.3, 0.4) is 0 Å². The van der Waals surface area contributed by atoms with E-state index >= 15 is 0 Å². The van der Waals surface area contributed by atoms with Gasteiger partial charge in [0.1, 0.15) is 10.1 Å². The summed E-state index contributed by atoms with van der Waals surface area (Å²) >= 11 is 6.50. The highest BCUT2D eigenvalue weighted by molar-refractivity contribution is 8.26.